The van der Waals surface area contributed by atoms with Crippen molar-refractivity contribution in [3.05, 3.63) is 30.3 Å². The second-order valence-corrected chi connectivity index (χ2v) is 8.98. The van der Waals surface area contributed by atoms with Gasteiger partial charge in [0.25, 0.3) is 0 Å². The van der Waals surface area contributed by atoms with Crippen molar-refractivity contribution in [3.8, 4) is 0 Å². The highest BCUT2D eigenvalue weighted by molar-refractivity contribution is 7.89. The van der Waals surface area contributed by atoms with E-state index in [0.717, 1.165) is 24.9 Å². The average Bonchev–Trinajstić information content (AvgIpc) is 3.41. The largest absolute Gasteiger partial charge is 0.478 e. The quantitative estimate of drug-likeness (QED) is 0.216. The highest BCUT2D eigenvalue weighted by atomic mass is 32.2. The van der Waals surface area contributed by atoms with Crippen LogP contribution in [0.5, 0.6) is 0 Å². The van der Waals surface area contributed by atoms with Crippen LogP contribution < -0.4 is 20.7 Å². The van der Waals surface area contributed by atoms with Gasteiger partial charge in [0.15, 0.2) is 5.84 Å². The lowest BCUT2D eigenvalue weighted by Gasteiger charge is -2.34. The first-order valence-corrected chi connectivity index (χ1v) is 11.2. The van der Waals surface area contributed by atoms with Gasteiger partial charge in [-0.15, -0.1) is 0 Å². The van der Waals surface area contributed by atoms with E-state index in [1.165, 1.54) is 24.3 Å². The number of carboxylic acid groups (broad SMARTS) is 1. The zero-order valence-corrected chi connectivity index (χ0v) is 17.8. The summed E-state index contributed by atoms with van der Waals surface area (Å²) in [4.78, 5) is 29.8. The predicted molar refractivity (Wildman–Crippen MR) is 110 cm³/mol. The van der Waals surface area contributed by atoms with E-state index >= 15 is 0 Å². The molecule has 0 aromatic heterocycles. The number of oxime groups is 1. The summed E-state index contributed by atoms with van der Waals surface area (Å²) in [6.45, 7) is 3.41. The molecule has 1 fully saturated rings. The van der Waals surface area contributed by atoms with E-state index in [0.29, 0.717) is 13.0 Å². The van der Waals surface area contributed by atoms with Crippen molar-refractivity contribution < 1.29 is 28.0 Å². The van der Waals surface area contributed by atoms with Crippen molar-refractivity contribution >= 4 is 28.2 Å². The normalized spacial score (nSPS) is 21.2. The van der Waals surface area contributed by atoms with Gasteiger partial charge in [-0.3, -0.25) is 25.6 Å². The molecule has 2 aliphatic rings. The Morgan fingerprint density at radius 2 is 2.03 bits per heavy atom. The lowest BCUT2D eigenvalue weighted by atomic mass is 10.1. The van der Waals surface area contributed by atoms with Gasteiger partial charge in [0.1, 0.15) is 12.4 Å². The molecule has 3 rings (SSSR count). The van der Waals surface area contributed by atoms with Gasteiger partial charge in [0.2, 0.25) is 22.1 Å². The van der Waals surface area contributed by atoms with Crippen molar-refractivity contribution in [2.45, 2.75) is 42.7 Å². The highest BCUT2D eigenvalue weighted by Crippen LogP contribution is 2.23. The minimum Gasteiger partial charge on any atom is -0.478 e. The fraction of sp³-hybridized carbons (Fsp3) is 0.500. The van der Waals surface area contributed by atoms with Crippen LogP contribution in [0.15, 0.2) is 40.4 Å². The summed E-state index contributed by atoms with van der Waals surface area (Å²) in [6, 6.07) is 7.29. The van der Waals surface area contributed by atoms with Crippen molar-refractivity contribution in [1.29, 1.82) is 0 Å². The number of benzene rings is 1. The third kappa shape index (κ3) is 5.37. The van der Waals surface area contributed by atoms with Gasteiger partial charge >= 0.3 is 5.97 Å². The molecular weight excluding hydrogens is 428 g/mol. The number of amidine groups is 1. The highest BCUT2D eigenvalue weighted by Gasteiger charge is 2.47. The fourth-order valence-corrected chi connectivity index (χ4v) is 4.63. The lowest BCUT2D eigenvalue weighted by Crippen LogP contribution is -2.64. The molecule has 2 heterocycles. The maximum absolute atomic E-state index is 12.7. The number of nitrogens with one attached hydrogen (secondary N) is 4. The van der Waals surface area contributed by atoms with Gasteiger partial charge in [0, 0.05) is 26.1 Å². The molecule has 13 heteroatoms. The smallest absolute Gasteiger partial charge is 0.346 e. The third-order valence-electron chi connectivity index (χ3n) is 5.02. The fourth-order valence-electron chi connectivity index (χ4n) is 3.29. The number of amides is 1. The van der Waals surface area contributed by atoms with Crippen LogP contribution in [-0.2, 0) is 24.4 Å². The molecule has 2 unspecified atom stereocenters. The van der Waals surface area contributed by atoms with E-state index in [1.807, 2.05) is 0 Å². The number of carbonyl (C=O) groups is 2. The summed E-state index contributed by atoms with van der Waals surface area (Å²) >= 11 is 0. The first-order chi connectivity index (χ1) is 14.8. The summed E-state index contributed by atoms with van der Waals surface area (Å²) in [5.74, 6) is -1.54. The van der Waals surface area contributed by atoms with Crippen molar-refractivity contribution in [3.63, 3.8) is 0 Å². The minimum absolute atomic E-state index is 0.0101. The molecule has 1 amide bonds. The SMILES string of the molecule is CC(NS(=O)(=O)c1ccccc1)(C(=O)O)N(C=O)C1=NOC(CCNC2NCCN2)C1. The molecule has 12 nitrogen and oxygen atoms in total. The van der Waals surface area contributed by atoms with Crippen molar-refractivity contribution in [1.82, 2.24) is 25.6 Å². The number of rotatable bonds is 10. The zero-order chi connectivity index (χ0) is 22.5. The van der Waals surface area contributed by atoms with Gasteiger partial charge in [-0.2, -0.15) is 4.72 Å². The summed E-state index contributed by atoms with van der Waals surface area (Å²) < 4.78 is 27.5. The van der Waals surface area contributed by atoms with Crippen molar-refractivity contribution in [2.24, 2.45) is 5.16 Å². The number of hydrogen-bond acceptors (Lipinski definition) is 9. The Bertz CT molecular complexity index is 921. The van der Waals surface area contributed by atoms with Crippen LogP contribution in [0.4, 0.5) is 0 Å². The number of hydrogen-bond donors (Lipinski definition) is 5. The Morgan fingerprint density at radius 1 is 1.35 bits per heavy atom. The van der Waals surface area contributed by atoms with Crippen LogP contribution in [0.25, 0.3) is 0 Å². The average molecular weight is 455 g/mol. The molecule has 0 spiro atoms. The Balaban J connectivity index is 1.67. The van der Waals surface area contributed by atoms with Crippen LogP contribution in [0.2, 0.25) is 0 Å². The monoisotopic (exact) mass is 454 g/mol. The first kappa shape index (κ1) is 23.1. The third-order valence-corrected chi connectivity index (χ3v) is 6.58. The van der Waals surface area contributed by atoms with Crippen LogP contribution in [0.1, 0.15) is 19.8 Å². The van der Waals surface area contributed by atoms with Gasteiger partial charge in [-0.05, 0) is 25.5 Å². The topological polar surface area (TPSA) is 161 Å². The molecule has 170 valence electrons. The van der Waals surface area contributed by atoms with Gasteiger partial charge in [-0.25, -0.2) is 13.2 Å². The molecule has 1 aromatic rings. The second-order valence-electron chi connectivity index (χ2n) is 7.29. The first-order valence-electron chi connectivity index (χ1n) is 9.76. The van der Waals surface area contributed by atoms with Gasteiger partial charge < -0.3 is 9.94 Å². The Labute approximate surface area is 180 Å². The Hall–Kier alpha value is -2.58. The Morgan fingerprint density at radius 3 is 2.65 bits per heavy atom. The summed E-state index contributed by atoms with van der Waals surface area (Å²) in [7, 11) is -4.24. The predicted octanol–water partition coefficient (Wildman–Crippen LogP) is -1.22. The molecule has 2 atom stereocenters. The van der Waals surface area contributed by atoms with E-state index < -0.39 is 21.7 Å². The summed E-state index contributed by atoms with van der Waals surface area (Å²) in [5, 5.41) is 23.3. The van der Waals surface area contributed by atoms with Crippen LogP contribution in [-0.4, -0.2) is 74.3 Å². The summed E-state index contributed by atoms with van der Waals surface area (Å²) in [5.41, 5.74) is -2.30. The molecule has 0 aliphatic carbocycles. The van der Waals surface area contributed by atoms with Crippen molar-refractivity contribution in [2.75, 3.05) is 19.6 Å². The number of carboxylic acids is 1. The maximum Gasteiger partial charge on any atom is 0.346 e. The van der Waals surface area contributed by atoms with Crippen LogP contribution in [0, 0.1) is 0 Å². The van der Waals surface area contributed by atoms with E-state index in [9.17, 15) is 23.1 Å². The number of carbonyl (C=O) groups excluding carboxylic acids is 1. The summed E-state index contributed by atoms with van der Waals surface area (Å²) in [6.07, 6.45) is 0.573. The standard InChI is InChI=1S/C18H26N6O6S/c1-18(16(26)27,23-31(28,29)14-5-3-2-4-6-14)24(12-25)15-11-13(30-22-15)7-8-19-17-20-9-10-21-17/h2-6,12-13,17,19-21,23H,7-11H2,1H3,(H,26,27). The molecule has 0 radical (unpaired) electrons. The number of sulfonamides is 1. The van der Waals surface area contributed by atoms with Crippen LogP contribution in [0.3, 0.4) is 0 Å². The molecule has 5 N–H and O–H groups in total. The van der Waals surface area contributed by atoms with Gasteiger partial charge in [-0.1, -0.05) is 23.4 Å². The molecule has 31 heavy (non-hydrogen) atoms. The van der Waals surface area contributed by atoms with Crippen LogP contribution >= 0.6 is 0 Å². The Kier molecular flexibility index (Phi) is 7.23. The number of nitrogens with zero attached hydrogens (tertiary/aromatic N) is 2. The van der Waals surface area contributed by atoms with Gasteiger partial charge in [0.05, 0.1) is 4.90 Å². The minimum atomic E-state index is -4.24. The van der Waals surface area contributed by atoms with E-state index in [-0.39, 0.29) is 36.0 Å². The second kappa shape index (κ2) is 9.70. The molecule has 1 aromatic carbocycles. The molecule has 0 bridgehead atoms. The molecular formula is C18H26N6O6S. The zero-order valence-electron chi connectivity index (χ0n) is 16.9. The molecule has 0 saturated carbocycles. The maximum atomic E-state index is 12.7. The molecule has 2 aliphatic heterocycles. The van der Waals surface area contributed by atoms with E-state index in [1.54, 1.807) is 6.07 Å². The number of aliphatic carboxylic acids is 1. The van der Waals surface area contributed by atoms with E-state index in [4.69, 9.17) is 4.84 Å². The van der Waals surface area contributed by atoms with E-state index in [2.05, 4.69) is 25.8 Å². The molecule has 1 saturated heterocycles. The lowest BCUT2D eigenvalue weighted by molar-refractivity contribution is -0.151.